The zero-order valence-corrected chi connectivity index (χ0v) is 35.8. The molecule has 0 aliphatic carbocycles. The Kier molecular flexibility index (Phi) is 11.4. The number of hydrogen-bond donors (Lipinski definition) is 0. The molecule has 1 aromatic heterocycles. The summed E-state index contributed by atoms with van der Waals surface area (Å²) in [6.07, 6.45) is 0. The number of rotatable bonds is 14. The zero-order valence-electron chi connectivity index (χ0n) is 35.1. The van der Waals surface area contributed by atoms with E-state index in [0.717, 1.165) is 90.4 Å². The van der Waals surface area contributed by atoms with Gasteiger partial charge in [0.05, 0.1) is 28.4 Å². The largest absolute Gasteiger partial charge is 0.497 e. The van der Waals surface area contributed by atoms with E-state index in [1.807, 2.05) is 48.5 Å². The second-order valence-corrected chi connectivity index (χ2v) is 15.2. The summed E-state index contributed by atoms with van der Waals surface area (Å²) in [5, 5.41) is 2.38. The van der Waals surface area contributed by atoms with Gasteiger partial charge in [-0.1, -0.05) is 36.4 Å². The Hall–Kier alpha value is -7.35. The maximum absolute atomic E-state index is 6.41. The zero-order chi connectivity index (χ0) is 42.6. The lowest BCUT2D eigenvalue weighted by molar-refractivity contribution is 0.414. The summed E-state index contributed by atoms with van der Waals surface area (Å²) >= 11 is 6.41. The van der Waals surface area contributed by atoms with Crippen LogP contribution in [0, 0.1) is 0 Å². The van der Waals surface area contributed by atoms with Crippen LogP contribution in [-0.2, 0) is 6.54 Å². The van der Waals surface area contributed by atoms with Crippen LogP contribution in [-0.4, -0.2) is 38.9 Å². The first kappa shape index (κ1) is 40.1. The molecule has 9 aromatic rings. The van der Waals surface area contributed by atoms with Crippen LogP contribution in [0.25, 0.3) is 44.1 Å². The van der Waals surface area contributed by atoms with Crippen molar-refractivity contribution < 1.29 is 18.9 Å². The summed E-state index contributed by atoms with van der Waals surface area (Å²) in [7, 11) is 6.73. The lowest BCUT2D eigenvalue weighted by atomic mass is 9.99. The maximum Gasteiger partial charge on any atom is 0.119 e. The minimum absolute atomic E-state index is 0.517. The van der Waals surface area contributed by atoms with Gasteiger partial charge in [0.2, 0.25) is 0 Å². The van der Waals surface area contributed by atoms with E-state index in [1.165, 1.54) is 10.8 Å². The van der Waals surface area contributed by atoms with Crippen LogP contribution in [0.15, 0.2) is 182 Å². The Labute approximate surface area is 367 Å². The van der Waals surface area contributed by atoms with Crippen molar-refractivity contribution in [3.05, 3.63) is 182 Å². The number of ether oxygens (including phenoxy) is 4. The Morgan fingerprint density at radius 3 is 0.871 bits per heavy atom. The van der Waals surface area contributed by atoms with E-state index in [1.54, 1.807) is 28.4 Å². The third kappa shape index (κ3) is 7.86. The van der Waals surface area contributed by atoms with Gasteiger partial charge in [-0.25, -0.2) is 0 Å². The maximum atomic E-state index is 6.41. The Balaban J connectivity index is 1.06. The van der Waals surface area contributed by atoms with Crippen LogP contribution in [0.4, 0.5) is 34.1 Å². The molecule has 0 saturated carbocycles. The van der Waals surface area contributed by atoms with E-state index < -0.39 is 0 Å². The molecule has 1 heterocycles. The molecule has 8 aromatic carbocycles. The molecule has 308 valence electrons. The normalized spacial score (nSPS) is 11.1. The lowest BCUT2D eigenvalue weighted by Gasteiger charge is -2.26. The van der Waals surface area contributed by atoms with Gasteiger partial charge in [-0.15, -0.1) is 11.6 Å². The summed E-state index contributed by atoms with van der Waals surface area (Å²) in [5.41, 5.74) is 13.0. The number of fused-ring (bicyclic) bond motifs is 3. The van der Waals surface area contributed by atoms with Crippen molar-refractivity contribution in [1.82, 2.24) is 4.57 Å². The van der Waals surface area contributed by atoms with Crippen LogP contribution in [0.3, 0.4) is 0 Å². The van der Waals surface area contributed by atoms with Gasteiger partial charge < -0.3 is 33.3 Å². The quantitative estimate of drug-likeness (QED) is 0.102. The average molecular weight is 836 g/mol. The summed E-state index contributed by atoms with van der Waals surface area (Å²) < 4.78 is 24.2. The third-order valence-electron chi connectivity index (χ3n) is 11.4. The Bertz CT molecular complexity index is 2640. The van der Waals surface area contributed by atoms with Crippen molar-refractivity contribution in [2.75, 3.05) is 44.1 Å². The van der Waals surface area contributed by atoms with Crippen LogP contribution >= 0.6 is 11.6 Å². The van der Waals surface area contributed by atoms with Gasteiger partial charge in [-0.05, 0) is 168 Å². The number of aryl methyl sites for hydroxylation is 1. The van der Waals surface area contributed by atoms with Gasteiger partial charge >= 0.3 is 0 Å². The van der Waals surface area contributed by atoms with E-state index in [4.69, 9.17) is 30.5 Å². The first-order valence-corrected chi connectivity index (χ1v) is 21.0. The molecule has 0 saturated heterocycles. The minimum atomic E-state index is 0.517. The number of nitrogens with zero attached hydrogens (tertiary/aromatic N) is 3. The number of anilines is 6. The molecule has 62 heavy (non-hydrogen) atoms. The minimum Gasteiger partial charge on any atom is -0.497 e. The van der Waals surface area contributed by atoms with Gasteiger partial charge in [-0.2, -0.15) is 0 Å². The average Bonchev–Trinajstić information content (AvgIpc) is 3.64. The molecular weight excluding hydrogens is 790 g/mol. The monoisotopic (exact) mass is 835 g/mol. The number of benzene rings is 8. The molecule has 0 bridgehead atoms. The van der Waals surface area contributed by atoms with Crippen molar-refractivity contribution in [3.8, 4) is 45.3 Å². The number of methoxy groups -OCH3 is 4. The molecule has 0 amide bonds. The van der Waals surface area contributed by atoms with Crippen LogP contribution in [0.5, 0.6) is 23.0 Å². The van der Waals surface area contributed by atoms with Crippen molar-refractivity contribution in [2.45, 2.75) is 6.54 Å². The number of aromatic nitrogens is 1. The second kappa shape index (κ2) is 17.7. The smallest absolute Gasteiger partial charge is 0.119 e. The SMILES string of the molecule is COc1ccc(N(c2ccc(OC)cc2)c2ccc(-c3ccc4c(c3)c3cc(-c5ccc(N(c6ccc(OC)cc6)c6ccc(OC)cc6)cc5)ccc3n4CCCl)cc2)cc1. The fourth-order valence-electron chi connectivity index (χ4n) is 8.21. The summed E-state index contributed by atoms with van der Waals surface area (Å²) in [6, 6.07) is 63.5. The molecule has 8 heteroatoms. The second-order valence-electron chi connectivity index (χ2n) is 14.9. The van der Waals surface area contributed by atoms with E-state index in [2.05, 4.69) is 148 Å². The molecule has 7 nitrogen and oxygen atoms in total. The molecule has 0 atom stereocenters. The molecule has 0 radical (unpaired) electrons. The van der Waals surface area contributed by atoms with Gasteiger partial charge in [0.15, 0.2) is 0 Å². The van der Waals surface area contributed by atoms with Gasteiger partial charge in [0, 0.05) is 68.4 Å². The highest BCUT2D eigenvalue weighted by atomic mass is 35.5. The summed E-state index contributed by atoms with van der Waals surface area (Å²) in [4.78, 5) is 4.46. The third-order valence-corrected chi connectivity index (χ3v) is 11.6. The molecule has 0 spiro atoms. The van der Waals surface area contributed by atoms with Gasteiger partial charge in [-0.3, -0.25) is 0 Å². The highest BCUT2D eigenvalue weighted by Gasteiger charge is 2.17. The molecule has 9 rings (SSSR count). The van der Waals surface area contributed by atoms with E-state index in [0.29, 0.717) is 12.4 Å². The van der Waals surface area contributed by atoms with E-state index >= 15 is 0 Å². The Morgan fingerprint density at radius 1 is 0.355 bits per heavy atom. The predicted molar refractivity (Wildman–Crippen MR) is 257 cm³/mol. The number of hydrogen-bond acceptors (Lipinski definition) is 6. The predicted octanol–water partition coefficient (Wildman–Crippen LogP) is 14.3. The fourth-order valence-corrected chi connectivity index (χ4v) is 8.38. The van der Waals surface area contributed by atoms with Gasteiger partial charge in [0.1, 0.15) is 23.0 Å². The van der Waals surface area contributed by atoms with Crippen molar-refractivity contribution in [3.63, 3.8) is 0 Å². The van der Waals surface area contributed by atoms with Gasteiger partial charge in [0.25, 0.3) is 0 Å². The number of halogens is 1. The fraction of sp³-hybridized carbons (Fsp3) is 0.111. The highest BCUT2D eigenvalue weighted by Crippen LogP contribution is 2.41. The lowest BCUT2D eigenvalue weighted by Crippen LogP contribution is -2.09. The van der Waals surface area contributed by atoms with Crippen molar-refractivity contribution >= 4 is 67.5 Å². The first-order valence-electron chi connectivity index (χ1n) is 20.5. The first-order chi connectivity index (χ1) is 30.5. The molecule has 0 unspecified atom stereocenters. The van der Waals surface area contributed by atoms with Crippen LogP contribution < -0.4 is 28.7 Å². The summed E-state index contributed by atoms with van der Waals surface area (Å²) in [6.45, 7) is 0.711. The molecule has 0 fully saturated rings. The number of alkyl halides is 1. The van der Waals surface area contributed by atoms with Crippen LogP contribution in [0.2, 0.25) is 0 Å². The van der Waals surface area contributed by atoms with Crippen LogP contribution in [0.1, 0.15) is 0 Å². The Morgan fingerprint density at radius 2 is 0.613 bits per heavy atom. The molecule has 0 aliphatic heterocycles. The molecule has 0 N–H and O–H groups in total. The van der Waals surface area contributed by atoms with E-state index in [9.17, 15) is 0 Å². The van der Waals surface area contributed by atoms with Crippen molar-refractivity contribution in [2.24, 2.45) is 0 Å². The standard InChI is InChI=1S/C54H46ClN3O4/c1-59-47-23-15-43(16-24-47)57(44-17-25-48(60-2)26-18-44)41-11-5-37(6-12-41)39-9-31-53-51(35-39)52-36-40(10-32-54(52)56(53)34-33-55)38-7-13-42(14-8-38)58(45-19-27-49(61-3)28-20-45)46-21-29-50(62-4)30-22-46/h5-32,35-36H,33-34H2,1-4H3. The topological polar surface area (TPSA) is 48.3 Å². The highest BCUT2D eigenvalue weighted by molar-refractivity contribution is 6.18. The molecular formula is C54H46ClN3O4. The van der Waals surface area contributed by atoms with E-state index in [-0.39, 0.29) is 0 Å². The summed E-state index contributed by atoms with van der Waals surface area (Å²) in [5.74, 6) is 3.76. The van der Waals surface area contributed by atoms with Crippen molar-refractivity contribution in [1.29, 1.82) is 0 Å². The molecule has 0 aliphatic rings.